The number of carboxylic acids is 1. The molecule has 8 amide bonds. The van der Waals surface area contributed by atoms with Crippen LogP contribution in [0.3, 0.4) is 0 Å². The van der Waals surface area contributed by atoms with Crippen LogP contribution in [0.15, 0.2) is 241 Å². The summed E-state index contributed by atoms with van der Waals surface area (Å²) in [4.78, 5) is 103. The largest absolute Gasteiger partial charge is 0.480 e. The maximum atomic E-state index is 13.5. The molecule has 0 radical (unpaired) electrons. The molecular weight excluding hydrogens is 1260 g/mol. The summed E-state index contributed by atoms with van der Waals surface area (Å²) in [5.41, 5.74) is 16.2. The minimum absolute atomic E-state index is 0.0246. The monoisotopic (exact) mass is 1330 g/mol. The van der Waals surface area contributed by atoms with E-state index in [0.29, 0.717) is 12.8 Å². The SMILES string of the molecule is C=CCOC(=O)CNC(=O)C(=NNC(=O)NC(c1ccccc1)c1ccccc1)C(CCC)NC(=O)OCC1c2ccccc2-c2ccccc21.CCCC(NC(=O)OCC1c2ccccc2-c2ccccc21)C(=NNC(=O)NC(c1ccccc1)c1ccccc1)C(=O)NCC(=O)O. The van der Waals surface area contributed by atoms with Crippen molar-refractivity contribution >= 4 is 59.4 Å². The second-order valence-corrected chi connectivity index (χ2v) is 23.0. The van der Waals surface area contributed by atoms with Gasteiger partial charge in [-0.05, 0) is 79.6 Å². The van der Waals surface area contributed by atoms with Gasteiger partial charge in [-0.3, -0.25) is 19.2 Å². The zero-order valence-corrected chi connectivity index (χ0v) is 54.7. The molecule has 99 heavy (non-hydrogen) atoms. The molecule has 2 aliphatic carbocycles. The Hall–Kier alpha value is -12.2. The number of esters is 1. The number of urea groups is 2. The van der Waals surface area contributed by atoms with Gasteiger partial charge in [-0.25, -0.2) is 30.0 Å². The number of amides is 8. The molecule has 22 nitrogen and oxygen atoms in total. The van der Waals surface area contributed by atoms with Gasteiger partial charge >= 0.3 is 36.2 Å². The molecule has 0 spiro atoms. The predicted molar refractivity (Wildman–Crippen MR) is 376 cm³/mol. The molecule has 0 fully saturated rings. The third-order valence-corrected chi connectivity index (χ3v) is 16.3. The number of aliphatic carboxylic acids is 1. The van der Waals surface area contributed by atoms with E-state index in [2.05, 4.69) is 59.5 Å². The van der Waals surface area contributed by atoms with Gasteiger partial charge in [0.15, 0.2) is 0 Å². The molecule has 22 heteroatoms. The van der Waals surface area contributed by atoms with Crippen LogP contribution in [0.4, 0.5) is 19.2 Å². The standard InChI is InChI=1S/C40H41N5O6.C37H37N5O6/c1-3-15-34(42-40(49)51-26-33-31-22-13-11-20-29(31)30-21-12-14-23-32(30)33)37(38(47)41-25-35(46)50-24-4-2)44-45-39(48)43-36(27-16-7-5-8-17-27)28-18-9-6-10-19-28;1-2-13-31(39-37(47)48-23-30-28-20-11-9-18-26(28)27-19-10-12-21-29(27)30)34(35(45)38-22-32(43)44)41-42-36(46)40-33(24-14-5-3-6-15-24)25-16-7-4-8-17-25/h4-14,16-23,33-34,36H,2-3,15,24-26H2,1H3,(H,41,47)(H,42,49)(H2,43,45,48);3-12,14-21,30-31,33H,2,13,22-23H2,1H3,(H,38,45)(H,39,47)(H,43,44)(H2,40,42,46). The van der Waals surface area contributed by atoms with Gasteiger partial charge in [-0.2, -0.15) is 10.2 Å². The second kappa shape index (κ2) is 36.1. The van der Waals surface area contributed by atoms with Crippen LogP contribution < -0.4 is 42.8 Å². The molecule has 8 aromatic carbocycles. The van der Waals surface area contributed by atoms with Crippen molar-refractivity contribution < 1.29 is 57.7 Å². The Morgan fingerprint density at radius 1 is 0.434 bits per heavy atom. The molecule has 0 aromatic heterocycles. The van der Waals surface area contributed by atoms with E-state index in [9.17, 15) is 38.4 Å². The van der Waals surface area contributed by atoms with Crippen LogP contribution in [-0.2, 0) is 33.4 Å². The van der Waals surface area contributed by atoms with E-state index in [1.807, 2.05) is 232 Å². The molecule has 0 heterocycles. The van der Waals surface area contributed by atoms with Crippen molar-refractivity contribution in [2.75, 3.05) is 32.9 Å². The van der Waals surface area contributed by atoms with Crippen molar-refractivity contribution in [3.63, 3.8) is 0 Å². The minimum Gasteiger partial charge on any atom is -0.480 e. The third-order valence-electron chi connectivity index (χ3n) is 16.3. The molecule has 0 saturated carbocycles. The van der Waals surface area contributed by atoms with Crippen molar-refractivity contribution in [3.05, 3.63) is 276 Å². The molecule has 10 rings (SSSR count). The molecule has 508 valence electrons. The van der Waals surface area contributed by atoms with Gasteiger partial charge in [-0.15, -0.1) is 0 Å². The quantitative estimate of drug-likeness (QED) is 0.00727. The van der Waals surface area contributed by atoms with E-state index in [1.54, 1.807) is 0 Å². The van der Waals surface area contributed by atoms with E-state index in [0.717, 1.165) is 66.8 Å². The third kappa shape index (κ3) is 19.5. The second-order valence-electron chi connectivity index (χ2n) is 23.0. The number of alkyl carbamates (subject to hydrolysis) is 2. The predicted octanol–water partition coefficient (Wildman–Crippen LogP) is 11.3. The summed E-state index contributed by atoms with van der Waals surface area (Å²) in [6, 6.07) is 65.0. The van der Waals surface area contributed by atoms with Gasteiger partial charge in [0, 0.05) is 11.8 Å². The smallest absolute Gasteiger partial charge is 0.407 e. The average Bonchev–Trinajstić information content (AvgIpc) is 1.63. The lowest BCUT2D eigenvalue weighted by atomic mass is 9.98. The molecular formula is C77H78N10O12. The molecule has 2 atom stereocenters. The van der Waals surface area contributed by atoms with Gasteiger partial charge in [0.2, 0.25) is 0 Å². The van der Waals surface area contributed by atoms with Crippen LogP contribution in [0.25, 0.3) is 22.3 Å². The average molecular weight is 1340 g/mol. The maximum absolute atomic E-state index is 13.5. The number of rotatable bonds is 28. The number of nitrogens with zero attached hydrogens (tertiary/aromatic N) is 2. The number of carboxylic acid groups (broad SMARTS) is 1. The van der Waals surface area contributed by atoms with Crippen LogP contribution in [0, 0.1) is 0 Å². The molecule has 0 bridgehead atoms. The summed E-state index contributed by atoms with van der Waals surface area (Å²) in [6.07, 6.45) is 1.45. The number of hydrazone groups is 2. The molecule has 2 aliphatic rings. The fourth-order valence-electron chi connectivity index (χ4n) is 11.8. The molecule has 9 N–H and O–H groups in total. The van der Waals surface area contributed by atoms with Gasteiger partial charge in [0.1, 0.15) is 44.3 Å². The number of nitrogens with one attached hydrogen (secondary N) is 8. The Bertz CT molecular complexity index is 4010. The Labute approximate surface area is 573 Å². The highest BCUT2D eigenvalue weighted by atomic mass is 16.6. The minimum atomic E-state index is -1.27. The van der Waals surface area contributed by atoms with Crippen molar-refractivity contribution in [1.82, 2.24) is 42.8 Å². The van der Waals surface area contributed by atoms with Crippen LogP contribution in [0.1, 0.15) is 108 Å². The summed E-state index contributed by atoms with van der Waals surface area (Å²) < 4.78 is 16.4. The van der Waals surface area contributed by atoms with Gasteiger partial charge in [0.05, 0.1) is 24.2 Å². The lowest BCUT2D eigenvalue weighted by Gasteiger charge is -2.22. The number of fused-ring (bicyclic) bond motifs is 6. The Kier molecular flexibility index (Phi) is 25.9. The Morgan fingerprint density at radius 2 is 0.747 bits per heavy atom. The van der Waals surface area contributed by atoms with Crippen molar-refractivity contribution in [2.24, 2.45) is 10.2 Å². The zero-order valence-electron chi connectivity index (χ0n) is 54.7. The Morgan fingerprint density at radius 3 is 1.06 bits per heavy atom. The molecule has 2 unspecified atom stereocenters. The summed E-state index contributed by atoms with van der Waals surface area (Å²) in [5.74, 6) is -3.95. The van der Waals surface area contributed by atoms with E-state index in [-0.39, 0.29) is 55.9 Å². The summed E-state index contributed by atoms with van der Waals surface area (Å²) in [7, 11) is 0. The number of hydrogen-bond donors (Lipinski definition) is 9. The van der Waals surface area contributed by atoms with Gasteiger partial charge < -0.3 is 51.2 Å². The fourth-order valence-corrected chi connectivity index (χ4v) is 11.8. The summed E-state index contributed by atoms with van der Waals surface area (Å²) in [5, 5.41) is 33.4. The number of carbonyl (C=O) groups excluding carboxylic acids is 7. The van der Waals surface area contributed by atoms with Crippen LogP contribution >= 0.6 is 0 Å². The first kappa shape index (κ1) is 71.1. The van der Waals surface area contributed by atoms with E-state index < -0.39 is 85.3 Å². The normalized spacial score (nSPS) is 12.6. The highest BCUT2D eigenvalue weighted by Crippen LogP contribution is 2.46. The zero-order chi connectivity index (χ0) is 69.9. The van der Waals surface area contributed by atoms with Gasteiger partial charge in [-0.1, -0.05) is 258 Å². The van der Waals surface area contributed by atoms with E-state index in [4.69, 9.17) is 19.3 Å². The maximum Gasteiger partial charge on any atom is 0.407 e. The topological polar surface area (TPSA) is 305 Å². The van der Waals surface area contributed by atoms with Gasteiger partial charge in [0.25, 0.3) is 11.8 Å². The summed E-state index contributed by atoms with van der Waals surface area (Å²) in [6.45, 7) is 6.17. The highest BCUT2D eigenvalue weighted by Gasteiger charge is 2.34. The lowest BCUT2D eigenvalue weighted by Crippen LogP contribution is -2.50. The first-order valence-corrected chi connectivity index (χ1v) is 32.5. The van der Waals surface area contributed by atoms with E-state index >= 15 is 0 Å². The number of ether oxygens (including phenoxy) is 3. The highest BCUT2D eigenvalue weighted by molar-refractivity contribution is 6.42. The van der Waals surface area contributed by atoms with Crippen LogP contribution in [-0.4, -0.2) is 110 Å². The molecule has 0 aliphatic heterocycles. The summed E-state index contributed by atoms with van der Waals surface area (Å²) >= 11 is 0. The lowest BCUT2D eigenvalue weighted by molar-refractivity contribution is -0.142. The molecule has 8 aromatic rings. The number of hydrogen-bond acceptors (Lipinski definition) is 13. The number of benzene rings is 8. The van der Waals surface area contributed by atoms with Crippen molar-refractivity contribution in [3.8, 4) is 22.3 Å². The fraction of sp³-hybridized carbons (Fsp3) is 0.221. The van der Waals surface area contributed by atoms with Crippen molar-refractivity contribution in [2.45, 2.75) is 75.5 Å². The van der Waals surface area contributed by atoms with Crippen LogP contribution in [0.5, 0.6) is 0 Å². The van der Waals surface area contributed by atoms with E-state index in [1.165, 1.54) is 6.08 Å². The Balaban J connectivity index is 0.000000232. The first-order chi connectivity index (χ1) is 48.2. The first-order valence-electron chi connectivity index (χ1n) is 32.5. The van der Waals surface area contributed by atoms with Crippen LogP contribution in [0.2, 0.25) is 0 Å². The number of carbonyl (C=O) groups is 8. The molecule has 0 saturated heterocycles. The van der Waals surface area contributed by atoms with Crippen molar-refractivity contribution in [1.29, 1.82) is 0 Å².